The molecule has 2 atom stereocenters. The zero-order chi connectivity index (χ0) is 12.8. The van der Waals surface area contributed by atoms with Crippen molar-refractivity contribution in [2.24, 2.45) is 4.99 Å². The van der Waals surface area contributed by atoms with E-state index in [1.807, 2.05) is 30.4 Å². The first kappa shape index (κ1) is 10.7. The number of rotatable bonds is 0. The van der Waals surface area contributed by atoms with Crippen LogP contribution >= 0.6 is 0 Å². The van der Waals surface area contributed by atoms with Gasteiger partial charge in [-0.25, -0.2) is 0 Å². The number of nitrogens with zero attached hydrogens (tertiary/aromatic N) is 1. The van der Waals surface area contributed by atoms with Crippen LogP contribution in [0.25, 0.3) is 0 Å². The van der Waals surface area contributed by atoms with Crippen LogP contribution in [0.5, 0.6) is 0 Å². The van der Waals surface area contributed by atoms with Crippen molar-refractivity contribution in [1.29, 1.82) is 0 Å². The summed E-state index contributed by atoms with van der Waals surface area (Å²) < 4.78 is 5.92. The fourth-order valence-corrected chi connectivity index (χ4v) is 2.91. The Morgan fingerprint density at radius 1 is 1.26 bits per heavy atom. The Labute approximate surface area is 111 Å². The highest BCUT2D eigenvalue weighted by Crippen LogP contribution is 2.36. The molecule has 0 aromatic heterocycles. The first-order valence-corrected chi connectivity index (χ1v) is 6.57. The molecule has 0 amide bonds. The van der Waals surface area contributed by atoms with Crippen LogP contribution < -0.4 is 0 Å². The topological polar surface area (TPSA) is 38.7 Å². The number of carbonyl (C=O) groups excluding carboxylic acids is 1. The minimum absolute atomic E-state index is 0.0829. The van der Waals surface area contributed by atoms with Crippen molar-refractivity contribution in [2.75, 3.05) is 0 Å². The van der Waals surface area contributed by atoms with E-state index in [0.717, 1.165) is 29.7 Å². The molecule has 19 heavy (non-hydrogen) atoms. The van der Waals surface area contributed by atoms with Gasteiger partial charge in [-0.15, -0.1) is 0 Å². The Kier molecular flexibility index (Phi) is 2.21. The number of ether oxygens (including phenoxy) is 1. The third-order valence-corrected chi connectivity index (χ3v) is 3.84. The molecule has 4 rings (SSSR count). The number of ketones is 1. The van der Waals surface area contributed by atoms with Gasteiger partial charge in [0.05, 0.1) is 5.71 Å². The van der Waals surface area contributed by atoms with Gasteiger partial charge in [0.1, 0.15) is 11.8 Å². The van der Waals surface area contributed by atoms with E-state index in [1.54, 1.807) is 6.08 Å². The summed E-state index contributed by atoms with van der Waals surface area (Å²) in [6.07, 6.45) is 15.2. The molecule has 4 aliphatic rings. The third kappa shape index (κ3) is 1.58. The Hall–Kier alpha value is -2.16. The molecule has 0 radical (unpaired) electrons. The Morgan fingerprint density at radius 2 is 2.21 bits per heavy atom. The highest BCUT2D eigenvalue weighted by atomic mass is 16.5. The van der Waals surface area contributed by atoms with Crippen LogP contribution in [0.2, 0.25) is 0 Å². The molecule has 3 aliphatic carbocycles. The second-order valence-corrected chi connectivity index (χ2v) is 5.02. The van der Waals surface area contributed by atoms with Gasteiger partial charge in [-0.2, -0.15) is 0 Å². The Balaban J connectivity index is 1.83. The molecule has 3 nitrogen and oxygen atoms in total. The standard InChI is InChI=1S/C16H13NO2/c18-13-9-15-16(11-6-2-1-5-10(11)13)17-12-7-3-4-8-14(12)19-15/h2-4,6-9,14,16H,1,5H2. The van der Waals surface area contributed by atoms with E-state index in [2.05, 4.69) is 6.08 Å². The second-order valence-electron chi connectivity index (χ2n) is 5.02. The summed E-state index contributed by atoms with van der Waals surface area (Å²) in [4.78, 5) is 16.9. The van der Waals surface area contributed by atoms with Crippen molar-refractivity contribution in [3.05, 3.63) is 59.4 Å². The zero-order valence-corrected chi connectivity index (χ0v) is 10.4. The maximum absolute atomic E-state index is 12.1. The number of hydrogen-bond acceptors (Lipinski definition) is 3. The average molecular weight is 251 g/mol. The molecule has 3 heteroatoms. The van der Waals surface area contributed by atoms with E-state index < -0.39 is 0 Å². The normalized spacial score (nSPS) is 31.1. The van der Waals surface area contributed by atoms with Crippen LogP contribution in [0.3, 0.4) is 0 Å². The molecular weight excluding hydrogens is 238 g/mol. The van der Waals surface area contributed by atoms with Crippen LogP contribution in [0.4, 0.5) is 0 Å². The molecule has 1 aliphatic heterocycles. The summed E-state index contributed by atoms with van der Waals surface area (Å²) in [7, 11) is 0. The number of allylic oxidation sites excluding steroid dienone is 5. The molecule has 0 bridgehead atoms. The van der Waals surface area contributed by atoms with Gasteiger partial charge in [-0.3, -0.25) is 9.79 Å². The van der Waals surface area contributed by atoms with Crippen LogP contribution in [0.1, 0.15) is 12.8 Å². The fraction of sp³-hybridized carbons (Fsp3) is 0.250. The number of hydrogen-bond donors (Lipinski definition) is 0. The van der Waals surface area contributed by atoms with Crippen molar-refractivity contribution in [3.8, 4) is 0 Å². The quantitative estimate of drug-likeness (QED) is 0.663. The molecule has 0 N–H and O–H groups in total. The molecule has 0 spiro atoms. The Bertz CT molecular complexity index is 644. The summed E-state index contributed by atoms with van der Waals surface area (Å²) in [6, 6.07) is -0.133. The lowest BCUT2D eigenvalue weighted by Gasteiger charge is -2.34. The first-order valence-electron chi connectivity index (χ1n) is 6.57. The molecule has 0 saturated carbocycles. The monoisotopic (exact) mass is 251 g/mol. The van der Waals surface area contributed by atoms with Crippen molar-refractivity contribution in [3.63, 3.8) is 0 Å². The third-order valence-electron chi connectivity index (χ3n) is 3.84. The fourth-order valence-electron chi connectivity index (χ4n) is 2.91. The van der Waals surface area contributed by atoms with Crippen LogP contribution in [-0.2, 0) is 9.53 Å². The van der Waals surface area contributed by atoms with Crippen molar-refractivity contribution >= 4 is 11.5 Å². The first-order chi connectivity index (χ1) is 9.33. The van der Waals surface area contributed by atoms with Gasteiger partial charge in [0.25, 0.3) is 0 Å². The number of fused-ring (bicyclic) bond motifs is 3. The van der Waals surface area contributed by atoms with Crippen LogP contribution in [-0.4, -0.2) is 23.6 Å². The molecule has 0 aromatic rings. The lowest BCUT2D eigenvalue weighted by Crippen LogP contribution is -2.35. The van der Waals surface area contributed by atoms with Crippen molar-refractivity contribution in [2.45, 2.75) is 25.0 Å². The maximum atomic E-state index is 12.1. The molecule has 2 unspecified atom stereocenters. The van der Waals surface area contributed by atoms with Gasteiger partial charge in [0, 0.05) is 11.6 Å². The van der Waals surface area contributed by atoms with Crippen LogP contribution in [0.15, 0.2) is 64.4 Å². The van der Waals surface area contributed by atoms with Crippen LogP contribution in [0, 0.1) is 0 Å². The molecule has 0 saturated heterocycles. The predicted molar refractivity (Wildman–Crippen MR) is 72.9 cm³/mol. The van der Waals surface area contributed by atoms with E-state index >= 15 is 0 Å². The number of aliphatic imine (C=N–C) groups is 1. The molecule has 0 aromatic carbocycles. The number of carbonyl (C=O) groups is 1. The largest absolute Gasteiger partial charge is 0.482 e. The van der Waals surface area contributed by atoms with Gasteiger partial charge in [-0.1, -0.05) is 24.3 Å². The minimum Gasteiger partial charge on any atom is -0.482 e. The van der Waals surface area contributed by atoms with E-state index in [1.165, 1.54) is 0 Å². The van der Waals surface area contributed by atoms with Gasteiger partial charge in [-0.05, 0) is 30.6 Å². The predicted octanol–water partition coefficient (Wildman–Crippen LogP) is 2.43. The van der Waals surface area contributed by atoms with Crippen molar-refractivity contribution < 1.29 is 9.53 Å². The second kappa shape index (κ2) is 3.92. The van der Waals surface area contributed by atoms with Gasteiger partial charge in [0.2, 0.25) is 0 Å². The smallest absolute Gasteiger partial charge is 0.185 e. The maximum Gasteiger partial charge on any atom is 0.185 e. The van der Waals surface area contributed by atoms with E-state index in [9.17, 15) is 4.79 Å². The zero-order valence-electron chi connectivity index (χ0n) is 10.4. The molecular formula is C16H13NO2. The average Bonchev–Trinajstić information content (AvgIpc) is 2.46. The minimum atomic E-state index is -0.143. The lowest BCUT2D eigenvalue weighted by molar-refractivity contribution is -0.112. The summed E-state index contributed by atoms with van der Waals surface area (Å²) in [5.74, 6) is 0.767. The summed E-state index contributed by atoms with van der Waals surface area (Å²) in [6.45, 7) is 0. The summed E-state index contributed by atoms with van der Waals surface area (Å²) in [5, 5.41) is 0. The van der Waals surface area contributed by atoms with Gasteiger partial charge >= 0.3 is 0 Å². The van der Waals surface area contributed by atoms with Gasteiger partial charge in [0.15, 0.2) is 11.9 Å². The van der Waals surface area contributed by atoms with Gasteiger partial charge < -0.3 is 4.74 Å². The lowest BCUT2D eigenvalue weighted by atomic mass is 9.84. The molecule has 1 heterocycles. The van der Waals surface area contributed by atoms with Crippen molar-refractivity contribution in [1.82, 2.24) is 0 Å². The Morgan fingerprint density at radius 3 is 3.16 bits per heavy atom. The summed E-state index contributed by atoms with van der Waals surface area (Å²) in [5.41, 5.74) is 2.85. The highest BCUT2D eigenvalue weighted by Gasteiger charge is 2.35. The summed E-state index contributed by atoms with van der Waals surface area (Å²) >= 11 is 0. The SMILES string of the molecule is O=C1C=C2OC3C=CC=CC3=NC2C2=C1CCC=C2. The van der Waals surface area contributed by atoms with E-state index in [4.69, 9.17) is 9.73 Å². The van der Waals surface area contributed by atoms with E-state index in [0.29, 0.717) is 5.76 Å². The molecule has 0 fully saturated rings. The van der Waals surface area contributed by atoms with E-state index in [-0.39, 0.29) is 17.9 Å². The molecule has 94 valence electrons. The highest BCUT2D eigenvalue weighted by molar-refractivity contribution is 6.08.